The highest BCUT2D eigenvalue weighted by Gasteiger charge is 2.40. The number of nitrogens with zero attached hydrogens (tertiary/aromatic N) is 2. The first-order chi connectivity index (χ1) is 16.1. The minimum Gasteiger partial charge on any atom is -0.487 e. The van der Waals surface area contributed by atoms with Gasteiger partial charge < -0.3 is 15.0 Å². The molecule has 2 amide bonds. The van der Waals surface area contributed by atoms with Gasteiger partial charge in [-0.15, -0.1) is 0 Å². The van der Waals surface area contributed by atoms with Gasteiger partial charge in [-0.3, -0.25) is 4.98 Å². The fourth-order valence-electron chi connectivity index (χ4n) is 5.43. The number of hydrogen-bond acceptors (Lipinski definition) is 3. The number of hydrogen-bond donors (Lipinski definition) is 1. The highest BCUT2D eigenvalue weighted by Crippen LogP contribution is 2.41. The van der Waals surface area contributed by atoms with Crippen molar-refractivity contribution in [2.45, 2.75) is 51.0 Å². The average molecular weight is 442 g/mol. The van der Waals surface area contributed by atoms with E-state index in [0.717, 1.165) is 56.6 Å². The fraction of sp³-hybridized carbons (Fsp3) is 0.429. The largest absolute Gasteiger partial charge is 0.487 e. The van der Waals surface area contributed by atoms with Crippen molar-refractivity contribution < 1.29 is 9.53 Å². The molecule has 1 saturated carbocycles. The first kappa shape index (κ1) is 20.5. The van der Waals surface area contributed by atoms with Crippen molar-refractivity contribution in [1.29, 1.82) is 0 Å². The van der Waals surface area contributed by atoms with Gasteiger partial charge in [0.1, 0.15) is 11.4 Å². The second kappa shape index (κ2) is 8.05. The summed E-state index contributed by atoms with van der Waals surface area (Å²) in [6, 6.07) is 15.2. The molecule has 1 N–H and O–H groups in total. The Morgan fingerprint density at radius 1 is 1.15 bits per heavy atom. The van der Waals surface area contributed by atoms with E-state index in [1.54, 1.807) is 0 Å². The Hall–Kier alpha value is -3.08. The van der Waals surface area contributed by atoms with Crippen molar-refractivity contribution in [2.24, 2.45) is 5.92 Å². The number of carbonyl (C=O) groups is 1. The van der Waals surface area contributed by atoms with Gasteiger partial charge in [-0.1, -0.05) is 24.3 Å². The van der Waals surface area contributed by atoms with Crippen LogP contribution in [-0.4, -0.2) is 41.2 Å². The Morgan fingerprint density at radius 2 is 2.00 bits per heavy atom. The molecule has 1 saturated heterocycles. The molecule has 2 aliphatic heterocycles. The topological polar surface area (TPSA) is 54.5 Å². The maximum atomic E-state index is 12.5. The van der Waals surface area contributed by atoms with E-state index < -0.39 is 0 Å². The number of aryl methyl sites for hydroxylation is 2. The van der Waals surface area contributed by atoms with Crippen LogP contribution in [0.2, 0.25) is 0 Å². The van der Waals surface area contributed by atoms with Crippen molar-refractivity contribution >= 4 is 16.9 Å². The van der Waals surface area contributed by atoms with Crippen molar-refractivity contribution in [1.82, 2.24) is 15.2 Å². The third kappa shape index (κ3) is 3.94. The molecule has 0 atom stereocenters. The molecule has 1 aliphatic carbocycles. The van der Waals surface area contributed by atoms with E-state index in [0.29, 0.717) is 5.92 Å². The minimum atomic E-state index is -0.134. The summed E-state index contributed by atoms with van der Waals surface area (Å²) in [5.74, 6) is 1.72. The van der Waals surface area contributed by atoms with Crippen molar-refractivity contribution in [2.75, 3.05) is 19.6 Å². The number of fused-ring (bicyclic) bond motifs is 2. The maximum absolute atomic E-state index is 12.5. The van der Waals surface area contributed by atoms with E-state index in [1.807, 2.05) is 17.2 Å². The smallest absolute Gasteiger partial charge is 0.317 e. The van der Waals surface area contributed by atoms with Gasteiger partial charge in [-0.05, 0) is 79.0 Å². The molecular formula is C28H31N3O2. The second-order valence-electron chi connectivity index (χ2n) is 10.0. The third-order valence-electron chi connectivity index (χ3n) is 7.78. The zero-order valence-electron chi connectivity index (χ0n) is 19.3. The lowest BCUT2D eigenvalue weighted by Gasteiger charge is -2.44. The van der Waals surface area contributed by atoms with Gasteiger partial charge in [0.25, 0.3) is 0 Å². The van der Waals surface area contributed by atoms with E-state index in [1.165, 1.54) is 40.5 Å². The number of piperidine rings is 1. The van der Waals surface area contributed by atoms with Gasteiger partial charge in [-0.25, -0.2) is 4.79 Å². The van der Waals surface area contributed by atoms with Crippen molar-refractivity contribution in [3.63, 3.8) is 0 Å². The summed E-state index contributed by atoms with van der Waals surface area (Å²) < 4.78 is 6.62. The van der Waals surface area contributed by atoms with Crippen LogP contribution in [0.4, 0.5) is 4.79 Å². The molecule has 5 nitrogen and oxygen atoms in total. The SMILES string of the molecule is Cc1c(-c2ccc3c(c2)CCC2(CCN(C(=O)NCC4CC4)CC2)O3)ccc2cccnc12. The van der Waals surface area contributed by atoms with Gasteiger partial charge in [0, 0.05) is 44.1 Å². The molecule has 170 valence electrons. The fourth-order valence-corrected chi connectivity index (χ4v) is 5.43. The number of carbonyl (C=O) groups excluding carboxylic acids is 1. The number of likely N-dealkylation sites (tertiary alicyclic amines) is 1. The second-order valence-corrected chi connectivity index (χ2v) is 10.0. The van der Waals surface area contributed by atoms with Crippen LogP contribution >= 0.6 is 0 Å². The summed E-state index contributed by atoms with van der Waals surface area (Å²) in [6.07, 6.45) is 8.22. The third-order valence-corrected chi connectivity index (χ3v) is 7.78. The van der Waals surface area contributed by atoms with E-state index in [9.17, 15) is 4.79 Å². The first-order valence-corrected chi connectivity index (χ1v) is 12.3. The van der Waals surface area contributed by atoms with Crippen LogP contribution in [-0.2, 0) is 6.42 Å². The van der Waals surface area contributed by atoms with Crippen molar-refractivity contribution in [3.8, 4) is 16.9 Å². The number of ether oxygens (including phenoxy) is 1. The van der Waals surface area contributed by atoms with Crippen LogP contribution in [0.25, 0.3) is 22.0 Å². The molecule has 2 aromatic carbocycles. The quantitative estimate of drug-likeness (QED) is 0.585. The highest BCUT2D eigenvalue weighted by molar-refractivity contribution is 5.88. The molecular weight excluding hydrogens is 410 g/mol. The number of nitrogens with one attached hydrogen (secondary N) is 1. The Morgan fingerprint density at radius 3 is 2.82 bits per heavy atom. The predicted octanol–water partition coefficient (Wildman–Crippen LogP) is 5.49. The zero-order valence-corrected chi connectivity index (χ0v) is 19.3. The first-order valence-electron chi connectivity index (χ1n) is 12.3. The van der Waals surface area contributed by atoms with E-state index in [4.69, 9.17) is 4.74 Å². The highest BCUT2D eigenvalue weighted by atomic mass is 16.5. The van der Waals surface area contributed by atoms with Gasteiger partial charge in [0.15, 0.2) is 0 Å². The van der Waals surface area contributed by atoms with E-state index in [-0.39, 0.29) is 11.6 Å². The van der Waals surface area contributed by atoms with Crippen LogP contribution in [0.1, 0.15) is 43.2 Å². The summed E-state index contributed by atoms with van der Waals surface area (Å²) in [4.78, 5) is 19.0. The Kier molecular flexibility index (Phi) is 5.01. The van der Waals surface area contributed by atoms with Crippen LogP contribution in [0.5, 0.6) is 5.75 Å². The molecule has 0 unspecified atom stereocenters. The monoisotopic (exact) mass is 441 g/mol. The van der Waals surface area contributed by atoms with E-state index in [2.05, 4.69) is 53.6 Å². The van der Waals surface area contributed by atoms with E-state index >= 15 is 0 Å². The number of aromatic nitrogens is 1. The number of pyridine rings is 1. The lowest BCUT2D eigenvalue weighted by atomic mass is 9.82. The molecule has 1 aromatic heterocycles. The normalized spacial score (nSPS) is 19.2. The molecule has 1 spiro atoms. The van der Waals surface area contributed by atoms with Crippen LogP contribution in [0, 0.1) is 12.8 Å². The van der Waals surface area contributed by atoms with Gasteiger partial charge in [-0.2, -0.15) is 0 Å². The zero-order chi connectivity index (χ0) is 22.4. The number of benzene rings is 2. The summed E-state index contributed by atoms with van der Waals surface area (Å²) in [6.45, 7) is 4.53. The summed E-state index contributed by atoms with van der Waals surface area (Å²) in [5, 5.41) is 4.28. The maximum Gasteiger partial charge on any atom is 0.317 e. The summed E-state index contributed by atoms with van der Waals surface area (Å²) in [5.41, 5.74) is 5.88. The number of amides is 2. The molecule has 3 aliphatic rings. The number of urea groups is 1. The molecule has 0 bridgehead atoms. The molecule has 3 aromatic rings. The summed E-state index contributed by atoms with van der Waals surface area (Å²) in [7, 11) is 0. The number of rotatable bonds is 3. The Bertz CT molecular complexity index is 1210. The molecule has 3 heterocycles. The Balaban J connectivity index is 1.16. The van der Waals surface area contributed by atoms with Crippen molar-refractivity contribution in [3.05, 3.63) is 59.8 Å². The lowest BCUT2D eigenvalue weighted by Crippen LogP contribution is -2.53. The standard InChI is InChI=1S/C28H31N3O2/c1-19-24(8-6-21-3-2-14-29-26(19)21)22-7-9-25-23(17-22)10-11-28(33-25)12-15-31(16-13-28)27(32)30-18-20-4-5-20/h2-3,6-9,14,17,20H,4-5,10-13,15-16,18H2,1H3,(H,30,32). The lowest BCUT2D eigenvalue weighted by molar-refractivity contribution is -0.00549. The van der Waals surface area contributed by atoms with Gasteiger partial charge >= 0.3 is 6.03 Å². The van der Waals surface area contributed by atoms with Crippen LogP contribution in [0.15, 0.2) is 48.7 Å². The molecule has 0 radical (unpaired) electrons. The van der Waals surface area contributed by atoms with Gasteiger partial charge in [0.05, 0.1) is 5.52 Å². The Labute approximate surface area is 195 Å². The van der Waals surface area contributed by atoms with Gasteiger partial charge in [0.2, 0.25) is 0 Å². The predicted molar refractivity (Wildman–Crippen MR) is 131 cm³/mol. The summed E-state index contributed by atoms with van der Waals surface area (Å²) >= 11 is 0. The van der Waals surface area contributed by atoms with Crippen LogP contribution < -0.4 is 10.1 Å². The molecule has 2 fully saturated rings. The van der Waals surface area contributed by atoms with Crippen LogP contribution in [0.3, 0.4) is 0 Å². The minimum absolute atomic E-state index is 0.0952. The average Bonchev–Trinajstić information content (AvgIpc) is 3.68. The molecule has 6 rings (SSSR count). The molecule has 5 heteroatoms. The molecule has 33 heavy (non-hydrogen) atoms.